The normalized spacial score (nSPS) is 18.8. The van der Waals surface area contributed by atoms with Gasteiger partial charge in [-0.05, 0) is 12.1 Å². The van der Waals surface area contributed by atoms with E-state index < -0.39 is 35.8 Å². The van der Waals surface area contributed by atoms with E-state index in [2.05, 4.69) is 35.8 Å². The fraction of sp³-hybridized carbons (Fsp3) is 0.263. The topological polar surface area (TPSA) is 95.8 Å². The first-order valence-electron chi connectivity index (χ1n) is 9.66. The van der Waals surface area contributed by atoms with Crippen molar-refractivity contribution < 1.29 is 26.3 Å². The van der Waals surface area contributed by atoms with Crippen molar-refractivity contribution in [2.45, 2.75) is 18.4 Å². The van der Waals surface area contributed by atoms with Crippen LogP contribution in [0.1, 0.15) is 5.82 Å². The summed E-state index contributed by atoms with van der Waals surface area (Å²) in [4.78, 5) is 10.2. The number of anilines is 1. The fourth-order valence-corrected chi connectivity index (χ4v) is 3.53. The second kappa shape index (κ2) is 7.72. The van der Waals surface area contributed by atoms with Gasteiger partial charge in [-0.15, -0.1) is 10.2 Å². The Balaban J connectivity index is 1.50. The molecule has 172 valence electrons. The Hall–Kier alpha value is -3.68. The molecular formula is C19H14F6N8. The van der Waals surface area contributed by atoms with E-state index in [4.69, 9.17) is 0 Å². The first-order chi connectivity index (χ1) is 15.7. The van der Waals surface area contributed by atoms with Gasteiger partial charge < -0.3 is 15.6 Å². The number of nitrogens with zero attached hydrogens (tertiary/aromatic N) is 5. The lowest BCUT2D eigenvalue weighted by Gasteiger charge is -2.16. The molecule has 0 bridgehead atoms. The molecule has 0 spiro atoms. The second-order valence-electron chi connectivity index (χ2n) is 7.38. The Bertz CT molecular complexity index is 1330. The molecule has 3 N–H and O–H groups in total. The molecule has 4 aromatic heterocycles. The summed E-state index contributed by atoms with van der Waals surface area (Å²) in [5, 5.41) is 12.0. The maximum Gasteiger partial charge on any atom is 0.451 e. The van der Waals surface area contributed by atoms with Crippen LogP contribution in [0.15, 0.2) is 30.6 Å². The van der Waals surface area contributed by atoms with Gasteiger partial charge in [-0.3, -0.25) is 4.40 Å². The summed E-state index contributed by atoms with van der Waals surface area (Å²) in [5.41, 5.74) is 0.433. The lowest BCUT2D eigenvalue weighted by Crippen LogP contribution is -2.30. The zero-order valence-corrected chi connectivity index (χ0v) is 16.5. The molecule has 0 aliphatic carbocycles. The number of aromatic nitrogens is 6. The lowest BCUT2D eigenvalue weighted by molar-refractivity contribution is -0.144. The number of fused-ring (bicyclic) bond motifs is 1. The molecule has 0 amide bonds. The second-order valence-corrected chi connectivity index (χ2v) is 7.38. The molecule has 0 unspecified atom stereocenters. The van der Waals surface area contributed by atoms with Crippen LogP contribution in [0, 0.1) is 11.6 Å². The molecule has 1 saturated heterocycles. The van der Waals surface area contributed by atoms with E-state index in [0.29, 0.717) is 6.07 Å². The number of hydrogen-bond donors (Lipinski definition) is 3. The highest BCUT2D eigenvalue weighted by Gasteiger charge is 2.35. The SMILES string of the molecule is Fc1cc(F)c(-c2cnc3cc(-c4nnc(C(F)(F)F)[nH]4)ccn23)nc1N[C@H]1CNC[C@@H]1F. The smallest absolute Gasteiger partial charge is 0.361 e. The van der Waals surface area contributed by atoms with Gasteiger partial charge in [-0.1, -0.05) is 0 Å². The standard InChI is InChI=1S/C19H14F6N8/c20-9-4-10(21)17(28-12-6-26-5-11(12)22)29-15(9)13-7-27-14-3-8(1-2-33(13)14)16-30-18(32-31-16)19(23,24)25/h1-4,7,11-12,26H,5-6H2,(H,28,29)(H,30,31,32)/t11-,12-/m0/s1. The molecule has 4 aromatic rings. The number of imidazole rings is 1. The molecule has 0 radical (unpaired) electrons. The van der Waals surface area contributed by atoms with E-state index in [1.54, 1.807) is 0 Å². The number of alkyl halides is 4. The number of rotatable bonds is 4. The molecule has 0 saturated carbocycles. The van der Waals surface area contributed by atoms with E-state index >= 15 is 0 Å². The predicted molar refractivity (Wildman–Crippen MR) is 104 cm³/mol. The molecule has 33 heavy (non-hydrogen) atoms. The number of aromatic amines is 1. The van der Waals surface area contributed by atoms with E-state index in [0.717, 1.165) is 0 Å². The molecule has 1 fully saturated rings. The van der Waals surface area contributed by atoms with Crippen molar-refractivity contribution in [2.75, 3.05) is 18.4 Å². The van der Waals surface area contributed by atoms with Crippen LogP contribution in [0.2, 0.25) is 0 Å². The summed E-state index contributed by atoms with van der Waals surface area (Å²) in [7, 11) is 0. The fourth-order valence-electron chi connectivity index (χ4n) is 3.53. The molecule has 2 atom stereocenters. The van der Waals surface area contributed by atoms with Crippen molar-refractivity contribution in [3.8, 4) is 22.8 Å². The monoisotopic (exact) mass is 468 g/mol. The summed E-state index contributed by atoms with van der Waals surface area (Å²) in [6.07, 6.45) is -3.23. The summed E-state index contributed by atoms with van der Waals surface area (Å²) in [5.74, 6) is -3.62. The van der Waals surface area contributed by atoms with Gasteiger partial charge in [0.2, 0.25) is 5.82 Å². The molecule has 8 nitrogen and oxygen atoms in total. The van der Waals surface area contributed by atoms with E-state index in [9.17, 15) is 26.3 Å². The Labute approximate surface area is 181 Å². The van der Waals surface area contributed by atoms with Crippen molar-refractivity contribution in [3.05, 3.63) is 48.1 Å². The van der Waals surface area contributed by atoms with Gasteiger partial charge in [-0.25, -0.2) is 23.1 Å². The molecule has 1 aliphatic rings. The first-order valence-corrected chi connectivity index (χ1v) is 9.66. The van der Waals surface area contributed by atoms with Crippen LogP contribution in [0.3, 0.4) is 0 Å². The maximum atomic E-state index is 14.6. The third-order valence-electron chi connectivity index (χ3n) is 5.18. The van der Waals surface area contributed by atoms with Crippen LogP contribution >= 0.6 is 0 Å². The third-order valence-corrected chi connectivity index (χ3v) is 5.18. The van der Waals surface area contributed by atoms with Gasteiger partial charge in [0.1, 0.15) is 17.5 Å². The predicted octanol–water partition coefficient (Wildman–Crippen LogP) is 3.20. The Kier molecular flexibility index (Phi) is 4.96. The van der Waals surface area contributed by atoms with Gasteiger partial charge in [-0.2, -0.15) is 13.2 Å². The van der Waals surface area contributed by atoms with Gasteiger partial charge in [0.25, 0.3) is 0 Å². The van der Waals surface area contributed by atoms with Gasteiger partial charge in [0.05, 0.1) is 17.9 Å². The van der Waals surface area contributed by atoms with Crippen LogP contribution in [-0.4, -0.2) is 54.9 Å². The summed E-state index contributed by atoms with van der Waals surface area (Å²) in [6, 6.07) is 2.76. The molecule has 0 aromatic carbocycles. The van der Waals surface area contributed by atoms with E-state index in [-0.39, 0.29) is 47.3 Å². The first kappa shape index (κ1) is 21.2. The Morgan fingerprint density at radius 1 is 1.09 bits per heavy atom. The maximum absolute atomic E-state index is 14.6. The molecule has 5 heterocycles. The van der Waals surface area contributed by atoms with E-state index in [1.165, 1.54) is 28.9 Å². The van der Waals surface area contributed by atoms with Crippen LogP contribution in [-0.2, 0) is 6.18 Å². The van der Waals surface area contributed by atoms with Gasteiger partial charge >= 0.3 is 6.18 Å². The molecule has 5 rings (SSSR count). The quantitative estimate of drug-likeness (QED) is 0.398. The largest absolute Gasteiger partial charge is 0.451 e. The summed E-state index contributed by atoms with van der Waals surface area (Å²) in [6.45, 7) is 0.365. The molecular weight excluding hydrogens is 454 g/mol. The number of pyridine rings is 2. The van der Waals surface area contributed by atoms with Crippen molar-refractivity contribution in [1.29, 1.82) is 0 Å². The summed E-state index contributed by atoms with van der Waals surface area (Å²) < 4.78 is 82.4. The van der Waals surface area contributed by atoms with Crippen LogP contribution in [0.5, 0.6) is 0 Å². The van der Waals surface area contributed by atoms with Crippen LogP contribution in [0.25, 0.3) is 28.4 Å². The van der Waals surface area contributed by atoms with Gasteiger partial charge in [0.15, 0.2) is 23.3 Å². The Morgan fingerprint density at radius 3 is 2.61 bits per heavy atom. The minimum Gasteiger partial charge on any atom is -0.361 e. The van der Waals surface area contributed by atoms with Crippen molar-refractivity contribution >= 4 is 11.5 Å². The van der Waals surface area contributed by atoms with E-state index in [1.807, 2.05) is 0 Å². The highest BCUT2D eigenvalue weighted by molar-refractivity contribution is 5.67. The zero-order chi connectivity index (χ0) is 23.3. The number of halogens is 6. The van der Waals surface area contributed by atoms with Gasteiger partial charge in [0, 0.05) is 30.9 Å². The van der Waals surface area contributed by atoms with Crippen molar-refractivity contribution in [2.24, 2.45) is 0 Å². The summed E-state index contributed by atoms with van der Waals surface area (Å²) >= 11 is 0. The van der Waals surface area contributed by atoms with Crippen LogP contribution in [0.4, 0.5) is 32.2 Å². The third kappa shape index (κ3) is 3.86. The molecule has 1 aliphatic heterocycles. The average molecular weight is 468 g/mol. The minimum absolute atomic E-state index is 0.110. The lowest BCUT2D eigenvalue weighted by atomic mass is 10.2. The van der Waals surface area contributed by atoms with Crippen LogP contribution < -0.4 is 10.6 Å². The number of hydrogen-bond acceptors (Lipinski definition) is 6. The highest BCUT2D eigenvalue weighted by Crippen LogP contribution is 2.30. The van der Waals surface area contributed by atoms with Crippen molar-refractivity contribution in [1.82, 2.24) is 34.9 Å². The van der Waals surface area contributed by atoms with Crippen molar-refractivity contribution in [3.63, 3.8) is 0 Å². The number of nitrogens with one attached hydrogen (secondary N) is 3. The Morgan fingerprint density at radius 2 is 1.91 bits per heavy atom. The average Bonchev–Trinajstić information content (AvgIpc) is 3.49. The molecule has 14 heteroatoms. The zero-order valence-electron chi connectivity index (χ0n) is 16.5. The highest BCUT2D eigenvalue weighted by atomic mass is 19.4. The minimum atomic E-state index is -4.68. The number of H-pyrrole nitrogens is 1.